The second-order valence-corrected chi connectivity index (χ2v) is 8.30. The van der Waals surface area contributed by atoms with E-state index in [-0.39, 0.29) is 11.2 Å². The van der Waals surface area contributed by atoms with Crippen molar-refractivity contribution in [3.05, 3.63) is 29.3 Å². The zero-order valence-electron chi connectivity index (χ0n) is 13.3. The van der Waals surface area contributed by atoms with Crippen LogP contribution in [0.1, 0.15) is 50.7 Å². The average molecular weight is 322 g/mol. The monoisotopic (exact) mass is 322 g/mol. The molecule has 0 amide bonds. The minimum absolute atomic E-state index is 0.0189. The van der Waals surface area contributed by atoms with Gasteiger partial charge in [0.05, 0.1) is 11.2 Å². The third-order valence-electron chi connectivity index (χ3n) is 5.34. The van der Waals surface area contributed by atoms with Gasteiger partial charge in [0, 0.05) is 24.5 Å². The van der Waals surface area contributed by atoms with Crippen LogP contribution in [-0.2, 0) is 22.0 Å². The number of rotatable bonds is 5. The van der Waals surface area contributed by atoms with Gasteiger partial charge in [0.25, 0.3) is 10.1 Å². The number of para-hydroxylation sites is 1. The standard InChI is InChI=1S/C17H23NO3S/c1-13-17(2,10-3-4-12-22(19,20)21)15-9-5-7-14-8-6-11-18(13)16(14)15/h5,7,9H,3-4,6,8,10-12H2,1-2H3/p+1. The summed E-state index contributed by atoms with van der Waals surface area (Å²) in [7, 11) is -3.84. The largest absolute Gasteiger partial charge is 0.286 e. The van der Waals surface area contributed by atoms with E-state index < -0.39 is 10.1 Å². The molecular formula is C17H24NO3S+. The molecule has 3 rings (SSSR count). The Morgan fingerprint density at radius 1 is 1.32 bits per heavy atom. The maximum absolute atomic E-state index is 10.9. The molecule has 1 unspecified atom stereocenters. The molecule has 0 fully saturated rings. The maximum atomic E-state index is 10.9. The first kappa shape index (κ1) is 15.7. The van der Waals surface area contributed by atoms with Crippen LogP contribution >= 0.6 is 0 Å². The molecule has 0 saturated carbocycles. The van der Waals surface area contributed by atoms with Crippen LogP contribution in [0, 0.1) is 0 Å². The fourth-order valence-corrected chi connectivity index (χ4v) is 4.57. The third-order valence-corrected chi connectivity index (χ3v) is 6.15. The molecule has 0 aromatic heterocycles. The van der Waals surface area contributed by atoms with Crippen molar-refractivity contribution in [1.29, 1.82) is 0 Å². The van der Waals surface area contributed by atoms with E-state index in [1.807, 2.05) is 0 Å². The zero-order chi connectivity index (χ0) is 16.0. The molecule has 0 spiro atoms. The Bertz CT molecular complexity index is 736. The smallest absolute Gasteiger partial charge is 0.264 e. The Morgan fingerprint density at radius 3 is 2.82 bits per heavy atom. The van der Waals surface area contributed by atoms with Gasteiger partial charge in [-0.25, -0.2) is 0 Å². The summed E-state index contributed by atoms with van der Waals surface area (Å²) in [6, 6.07) is 6.59. The van der Waals surface area contributed by atoms with E-state index in [0.717, 1.165) is 25.8 Å². The summed E-state index contributed by atoms with van der Waals surface area (Å²) in [5, 5.41) is 0. The van der Waals surface area contributed by atoms with Gasteiger partial charge in [-0.3, -0.25) is 4.55 Å². The summed E-state index contributed by atoms with van der Waals surface area (Å²) in [5.74, 6) is -0.140. The Morgan fingerprint density at radius 2 is 2.09 bits per heavy atom. The summed E-state index contributed by atoms with van der Waals surface area (Å²) in [6.07, 6.45) is 4.56. The number of aryl methyl sites for hydroxylation is 1. The van der Waals surface area contributed by atoms with E-state index in [1.165, 1.54) is 28.9 Å². The molecule has 22 heavy (non-hydrogen) atoms. The quantitative estimate of drug-likeness (QED) is 0.515. The molecule has 0 radical (unpaired) electrons. The lowest BCUT2D eigenvalue weighted by molar-refractivity contribution is -0.444. The van der Waals surface area contributed by atoms with Crippen LogP contribution in [0.15, 0.2) is 18.2 Å². The summed E-state index contributed by atoms with van der Waals surface area (Å²) < 4.78 is 33.0. The third kappa shape index (κ3) is 2.61. The predicted octanol–water partition coefficient (Wildman–Crippen LogP) is 3.07. The Kier molecular flexibility index (Phi) is 3.89. The maximum Gasteiger partial charge on any atom is 0.264 e. The van der Waals surface area contributed by atoms with Crippen molar-refractivity contribution in [2.24, 2.45) is 0 Å². The van der Waals surface area contributed by atoms with Crippen molar-refractivity contribution in [2.45, 2.75) is 51.4 Å². The van der Waals surface area contributed by atoms with E-state index in [1.54, 1.807) is 0 Å². The highest BCUT2D eigenvalue weighted by atomic mass is 32.2. The average Bonchev–Trinajstić information content (AvgIpc) is 2.68. The molecule has 0 bridgehead atoms. The number of unbranched alkanes of at least 4 members (excludes halogenated alkanes) is 1. The molecule has 1 aromatic carbocycles. The first-order valence-electron chi connectivity index (χ1n) is 8.02. The van der Waals surface area contributed by atoms with Gasteiger partial charge in [0.15, 0.2) is 5.71 Å². The Hall–Kier alpha value is -1.20. The van der Waals surface area contributed by atoms with Crippen molar-refractivity contribution >= 4 is 21.5 Å². The van der Waals surface area contributed by atoms with Crippen molar-refractivity contribution < 1.29 is 17.5 Å². The van der Waals surface area contributed by atoms with Crippen molar-refractivity contribution in [2.75, 3.05) is 12.3 Å². The highest BCUT2D eigenvalue weighted by molar-refractivity contribution is 7.85. The molecule has 0 saturated heterocycles. The lowest BCUT2D eigenvalue weighted by Gasteiger charge is -2.22. The molecule has 2 aliphatic heterocycles. The molecular weight excluding hydrogens is 298 g/mol. The normalized spacial score (nSPS) is 23.8. The molecule has 1 N–H and O–H groups in total. The van der Waals surface area contributed by atoms with Crippen molar-refractivity contribution in [3.63, 3.8) is 0 Å². The van der Waals surface area contributed by atoms with Gasteiger partial charge in [-0.1, -0.05) is 24.6 Å². The van der Waals surface area contributed by atoms with E-state index in [2.05, 4.69) is 36.6 Å². The molecule has 0 aliphatic carbocycles. The van der Waals surface area contributed by atoms with Crippen LogP contribution < -0.4 is 0 Å². The van der Waals surface area contributed by atoms with Crippen LogP contribution in [0.3, 0.4) is 0 Å². The molecule has 4 nitrogen and oxygen atoms in total. The van der Waals surface area contributed by atoms with E-state index >= 15 is 0 Å². The first-order chi connectivity index (χ1) is 10.3. The fraction of sp³-hybridized carbons (Fsp3) is 0.588. The van der Waals surface area contributed by atoms with Gasteiger partial charge in [0.1, 0.15) is 6.54 Å². The molecule has 2 aliphatic rings. The van der Waals surface area contributed by atoms with E-state index in [9.17, 15) is 8.42 Å². The summed E-state index contributed by atoms with van der Waals surface area (Å²) >= 11 is 0. The number of benzene rings is 1. The summed E-state index contributed by atoms with van der Waals surface area (Å²) in [6.45, 7) is 5.55. The minimum atomic E-state index is -3.84. The van der Waals surface area contributed by atoms with Gasteiger partial charge < -0.3 is 0 Å². The van der Waals surface area contributed by atoms with Gasteiger partial charge in [-0.05, 0) is 26.2 Å². The van der Waals surface area contributed by atoms with Crippen LogP contribution in [0.2, 0.25) is 0 Å². The highest BCUT2D eigenvalue weighted by Crippen LogP contribution is 2.46. The summed E-state index contributed by atoms with van der Waals surface area (Å²) in [4.78, 5) is 0. The molecule has 2 heterocycles. The van der Waals surface area contributed by atoms with E-state index in [4.69, 9.17) is 4.55 Å². The molecule has 1 atom stereocenters. The van der Waals surface area contributed by atoms with Gasteiger partial charge in [-0.15, -0.1) is 0 Å². The predicted molar refractivity (Wildman–Crippen MR) is 87.9 cm³/mol. The Labute approximate surface area is 132 Å². The molecule has 1 aromatic rings. The van der Waals surface area contributed by atoms with Gasteiger partial charge >= 0.3 is 0 Å². The van der Waals surface area contributed by atoms with Gasteiger partial charge in [0.2, 0.25) is 5.69 Å². The number of nitrogens with zero attached hydrogens (tertiary/aromatic N) is 1. The topological polar surface area (TPSA) is 57.4 Å². The van der Waals surface area contributed by atoms with E-state index in [0.29, 0.717) is 6.42 Å². The minimum Gasteiger partial charge on any atom is -0.286 e. The fourth-order valence-electron chi connectivity index (χ4n) is 4.00. The molecule has 5 heteroatoms. The van der Waals surface area contributed by atoms with Crippen molar-refractivity contribution in [1.82, 2.24) is 0 Å². The number of hydrogen-bond acceptors (Lipinski definition) is 2. The zero-order valence-corrected chi connectivity index (χ0v) is 14.1. The van der Waals surface area contributed by atoms with Crippen LogP contribution in [0.25, 0.3) is 0 Å². The first-order valence-corrected chi connectivity index (χ1v) is 9.63. The molecule has 120 valence electrons. The second kappa shape index (κ2) is 5.46. The van der Waals surface area contributed by atoms with Crippen LogP contribution in [0.4, 0.5) is 5.69 Å². The number of hydrogen-bond donors (Lipinski definition) is 1. The summed E-state index contributed by atoms with van der Waals surface area (Å²) in [5.41, 5.74) is 5.57. The SMILES string of the molecule is CC1=[N+]2CCCc3cccc(c32)C1(C)CCCCS(=O)(=O)O. The Balaban J connectivity index is 1.85. The van der Waals surface area contributed by atoms with Crippen LogP contribution in [-0.4, -0.2) is 35.6 Å². The second-order valence-electron chi connectivity index (χ2n) is 6.73. The van der Waals surface area contributed by atoms with Crippen molar-refractivity contribution in [3.8, 4) is 0 Å². The van der Waals surface area contributed by atoms with Crippen LogP contribution in [0.5, 0.6) is 0 Å². The lowest BCUT2D eigenvalue weighted by Crippen LogP contribution is -2.30. The lowest BCUT2D eigenvalue weighted by atomic mass is 9.75. The van der Waals surface area contributed by atoms with Gasteiger partial charge in [-0.2, -0.15) is 13.0 Å². The highest BCUT2D eigenvalue weighted by Gasteiger charge is 2.47.